The molecule has 1 aromatic heterocycles. The molecule has 0 bridgehead atoms. The monoisotopic (exact) mass is 382 g/mol. The fraction of sp³-hybridized carbons (Fsp3) is 0.318. The zero-order valence-electron chi connectivity index (χ0n) is 15.6. The summed E-state index contributed by atoms with van der Waals surface area (Å²) in [7, 11) is 0. The number of thiazole rings is 1. The number of halogens is 1. The van der Waals surface area contributed by atoms with Crippen LogP contribution in [0.15, 0.2) is 52.8 Å². The van der Waals surface area contributed by atoms with Crippen molar-refractivity contribution >= 4 is 17.0 Å². The van der Waals surface area contributed by atoms with Gasteiger partial charge < -0.3 is 9.30 Å². The number of aromatic nitrogens is 1. The Morgan fingerprint density at radius 2 is 1.93 bits per heavy atom. The van der Waals surface area contributed by atoms with Crippen LogP contribution in [0.25, 0.3) is 11.3 Å². The number of aryl methyl sites for hydroxylation is 2. The van der Waals surface area contributed by atoms with Crippen molar-refractivity contribution in [1.82, 2.24) is 4.57 Å². The van der Waals surface area contributed by atoms with Crippen molar-refractivity contribution in [2.24, 2.45) is 4.99 Å². The maximum Gasteiger partial charge on any atom is 0.190 e. The van der Waals surface area contributed by atoms with Crippen molar-refractivity contribution < 1.29 is 9.13 Å². The van der Waals surface area contributed by atoms with Crippen molar-refractivity contribution in [3.05, 3.63) is 69.6 Å². The fourth-order valence-electron chi connectivity index (χ4n) is 3.55. The number of para-hydroxylation sites is 1. The summed E-state index contributed by atoms with van der Waals surface area (Å²) in [5.74, 6) is -0.213. The Bertz CT molecular complexity index is 995. The molecule has 3 aromatic rings. The third-order valence-corrected chi connectivity index (χ3v) is 5.87. The van der Waals surface area contributed by atoms with E-state index in [0.29, 0.717) is 12.1 Å². The predicted octanol–water partition coefficient (Wildman–Crippen LogP) is 5.38. The Kier molecular flexibility index (Phi) is 5.23. The average molecular weight is 383 g/mol. The van der Waals surface area contributed by atoms with E-state index in [1.165, 1.54) is 6.07 Å². The van der Waals surface area contributed by atoms with Gasteiger partial charge in [-0.15, -0.1) is 11.3 Å². The van der Waals surface area contributed by atoms with Gasteiger partial charge in [0.15, 0.2) is 4.80 Å². The van der Waals surface area contributed by atoms with Crippen LogP contribution in [0.2, 0.25) is 0 Å². The van der Waals surface area contributed by atoms with Crippen molar-refractivity contribution in [3.63, 3.8) is 0 Å². The maximum absolute atomic E-state index is 14.5. The lowest BCUT2D eigenvalue weighted by Gasteiger charge is -2.14. The molecule has 0 amide bonds. The number of ether oxygens (including phenoxy) is 1. The zero-order chi connectivity index (χ0) is 18.8. The van der Waals surface area contributed by atoms with Crippen molar-refractivity contribution in [2.75, 3.05) is 6.61 Å². The van der Waals surface area contributed by atoms with E-state index in [1.807, 2.05) is 23.6 Å². The van der Waals surface area contributed by atoms with E-state index < -0.39 is 0 Å². The van der Waals surface area contributed by atoms with E-state index in [0.717, 1.165) is 46.8 Å². The van der Waals surface area contributed by atoms with Gasteiger partial charge in [0, 0.05) is 17.6 Å². The largest absolute Gasteiger partial charge is 0.376 e. The minimum Gasteiger partial charge on any atom is -0.376 e. The minimum absolute atomic E-state index is 0.155. The van der Waals surface area contributed by atoms with Crippen molar-refractivity contribution in [3.8, 4) is 11.3 Å². The molecule has 1 aliphatic rings. The minimum atomic E-state index is -0.213. The van der Waals surface area contributed by atoms with Crippen LogP contribution in [0, 0.1) is 19.7 Å². The Labute approximate surface area is 162 Å². The van der Waals surface area contributed by atoms with Gasteiger partial charge in [-0.3, -0.25) is 0 Å². The molecule has 27 heavy (non-hydrogen) atoms. The first-order valence-electron chi connectivity index (χ1n) is 9.29. The summed E-state index contributed by atoms with van der Waals surface area (Å²) in [5.41, 5.74) is 4.73. The van der Waals surface area contributed by atoms with E-state index in [-0.39, 0.29) is 11.9 Å². The highest BCUT2D eigenvalue weighted by Crippen LogP contribution is 2.27. The van der Waals surface area contributed by atoms with Crippen molar-refractivity contribution in [2.45, 2.75) is 39.3 Å². The Hall–Kier alpha value is -2.24. The second kappa shape index (κ2) is 7.79. The predicted molar refractivity (Wildman–Crippen MR) is 108 cm³/mol. The standard InChI is InChI=1S/C22H23FN2OS/c1-15-7-5-8-16(2)21(15)24-22-25(13-17-9-6-12-26-17)20(14-27-22)18-10-3-4-11-19(18)23/h3-5,7-8,10-11,14,17H,6,9,12-13H2,1-2H3. The molecule has 1 aliphatic heterocycles. The summed E-state index contributed by atoms with van der Waals surface area (Å²) in [6.45, 7) is 5.63. The van der Waals surface area contributed by atoms with Crippen LogP contribution in [-0.2, 0) is 11.3 Å². The van der Waals surface area contributed by atoms with Gasteiger partial charge in [0.25, 0.3) is 0 Å². The molecule has 1 fully saturated rings. The number of hydrogen-bond acceptors (Lipinski definition) is 3. The van der Waals surface area contributed by atoms with E-state index >= 15 is 0 Å². The van der Waals surface area contributed by atoms with Crippen molar-refractivity contribution in [1.29, 1.82) is 0 Å². The van der Waals surface area contributed by atoms with Gasteiger partial charge in [0.05, 0.1) is 24.0 Å². The van der Waals surface area contributed by atoms with Crippen LogP contribution < -0.4 is 4.80 Å². The molecule has 0 N–H and O–H groups in total. The van der Waals surface area contributed by atoms with Gasteiger partial charge in [-0.25, -0.2) is 9.38 Å². The van der Waals surface area contributed by atoms with Crippen LogP contribution in [0.3, 0.4) is 0 Å². The molecule has 1 unspecified atom stereocenters. The first-order chi connectivity index (χ1) is 13.1. The normalized spacial score (nSPS) is 17.6. The molecule has 4 rings (SSSR count). The van der Waals surface area contributed by atoms with Crippen LogP contribution in [0.4, 0.5) is 10.1 Å². The summed E-state index contributed by atoms with van der Waals surface area (Å²) < 4.78 is 22.4. The molecule has 0 aliphatic carbocycles. The van der Waals surface area contributed by atoms with Gasteiger partial charge >= 0.3 is 0 Å². The van der Waals surface area contributed by atoms with E-state index in [2.05, 4.69) is 30.5 Å². The van der Waals surface area contributed by atoms with Gasteiger partial charge in [0.1, 0.15) is 5.82 Å². The highest BCUT2D eigenvalue weighted by molar-refractivity contribution is 7.07. The highest BCUT2D eigenvalue weighted by atomic mass is 32.1. The second-order valence-corrected chi connectivity index (χ2v) is 7.82. The lowest BCUT2D eigenvalue weighted by molar-refractivity contribution is 0.0967. The molecule has 1 saturated heterocycles. The average Bonchev–Trinajstić information content (AvgIpc) is 3.30. The topological polar surface area (TPSA) is 26.5 Å². The van der Waals surface area contributed by atoms with Crippen LogP contribution in [0.1, 0.15) is 24.0 Å². The van der Waals surface area contributed by atoms with E-state index in [9.17, 15) is 4.39 Å². The first kappa shape index (κ1) is 18.1. The molecule has 1 atom stereocenters. The molecule has 5 heteroatoms. The zero-order valence-corrected chi connectivity index (χ0v) is 16.4. The van der Waals surface area contributed by atoms with Gasteiger partial charge in [-0.05, 0) is 49.9 Å². The summed E-state index contributed by atoms with van der Waals surface area (Å²) in [6.07, 6.45) is 2.26. The smallest absolute Gasteiger partial charge is 0.190 e. The van der Waals surface area contributed by atoms with Gasteiger partial charge in [0.2, 0.25) is 0 Å². The van der Waals surface area contributed by atoms with E-state index in [4.69, 9.17) is 9.73 Å². The number of hydrogen-bond donors (Lipinski definition) is 0. The molecule has 0 spiro atoms. The fourth-order valence-corrected chi connectivity index (χ4v) is 4.46. The molecule has 2 aromatic carbocycles. The first-order valence-corrected chi connectivity index (χ1v) is 10.2. The second-order valence-electron chi connectivity index (χ2n) is 6.98. The quantitative estimate of drug-likeness (QED) is 0.595. The SMILES string of the molecule is Cc1cccc(C)c1N=c1scc(-c2ccccc2F)n1CC1CCCO1. The molecule has 3 nitrogen and oxygen atoms in total. The Morgan fingerprint density at radius 3 is 2.63 bits per heavy atom. The summed E-state index contributed by atoms with van der Waals surface area (Å²) >= 11 is 1.55. The molecule has 2 heterocycles. The lowest BCUT2D eigenvalue weighted by atomic mass is 10.1. The van der Waals surface area contributed by atoms with Gasteiger partial charge in [-0.1, -0.05) is 30.3 Å². The maximum atomic E-state index is 14.5. The van der Waals surface area contributed by atoms with E-state index in [1.54, 1.807) is 17.4 Å². The van der Waals surface area contributed by atoms with Crippen LogP contribution in [0.5, 0.6) is 0 Å². The molecule has 0 radical (unpaired) electrons. The third kappa shape index (κ3) is 3.75. The number of nitrogens with zero attached hydrogens (tertiary/aromatic N) is 2. The van der Waals surface area contributed by atoms with Crippen LogP contribution in [-0.4, -0.2) is 17.3 Å². The number of benzene rings is 2. The molecule has 140 valence electrons. The molecule has 0 saturated carbocycles. The number of rotatable bonds is 4. The Balaban J connectivity index is 1.87. The van der Waals surface area contributed by atoms with Crippen LogP contribution >= 0.6 is 11.3 Å². The summed E-state index contributed by atoms with van der Waals surface area (Å²) in [6, 6.07) is 13.1. The highest BCUT2D eigenvalue weighted by Gasteiger charge is 2.20. The Morgan fingerprint density at radius 1 is 1.15 bits per heavy atom. The van der Waals surface area contributed by atoms with Gasteiger partial charge in [-0.2, -0.15) is 0 Å². The molecular formula is C22H23FN2OS. The third-order valence-electron chi connectivity index (χ3n) is 5.00. The molecular weight excluding hydrogens is 359 g/mol. The summed E-state index contributed by atoms with van der Waals surface area (Å²) in [5, 5.41) is 2.00. The lowest BCUT2D eigenvalue weighted by Crippen LogP contribution is -2.24. The summed E-state index contributed by atoms with van der Waals surface area (Å²) in [4.78, 5) is 5.84.